The highest BCUT2D eigenvalue weighted by atomic mass is 32.2. The molecule has 1 aliphatic rings. The van der Waals surface area contributed by atoms with Crippen molar-refractivity contribution in [3.63, 3.8) is 0 Å². The van der Waals surface area contributed by atoms with Crippen molar-refractivity contribution >= 4 is 10.0 Å². The van der Waals surface area contributed by atoms with Crippen LogP contribution >= 0.6 is 0 Å². The summed E-state index contributed by atoms with van der Waals surface area (Å²) in [5.41, 5.74) is 6.90. The lowest BCUT2D eigenvalue weighted by atomic mass is 10.2. The Morgan fingerprint density at radius 2 is 2.18 bits per heavy atom. The molecule has 0 aromatic carbocycles. The molecule has 1 atom stereocenters. The molecule has 4 N–H and O–H groups in total. The minimum Gasteiger partial charge on any atom is -0.326 e. The van der Waals surface area contributed by atoms with Crippen molar-refractivity contribution in [2.45, 2.75) is 37.6 Å². The average Bonchev–Trinajstić information content (AvgIpc) is 3.02. The standard InChI is InChI=1S/C10H18N4O2S/c1-6-10(7(2)14-13-6)17(15,16)12-5-9(11)8-3-4-8/h8-9,12H,3-5,11H2,1-2H3,(H,13,14). The van der Waals surface area contributed by atoms with Crippen molar-refractivity contribution in [3.8, 4) is 0 Å². The number of nitrogens with one attached hydrogen (secondary N) is 2. The topological polar surface area (TPSA) is 101 Å². The van der Waals surface area contributed by atoms with E-state index in [4.69, 9.17) is 5.73 Å². The Hall–Kier alpha value is -0.920. The molecule has 1 aromatic rings. The summed E-state index contributed by atoms with van der Waals surface area (Å²) in [5.74, 6) is 0.476. The molecule has 1 unspecified atom stereocenters. The molecule has 0 radical (unpaired) electrons. The van der Waals surface area contributed by atoms with Gasteiger partial charge in [-0.05, 0) is 32.6 Å². The van der Waals surface area contributed by atoms with Gasteiger partial charge < -0.3 is 5.73 Å². The third-order valence-electron chi connectivity index (χ3n) is 3.07. The number of H-pyrrole nitrogens is 1. The summed E-state index contributed by atoms with van der Waals surface area (Å²) in [7, 11) is -3.50. The maximum Gasteiger partial charge on any atom is 0.244 e. The SMILES string of the molecule is Cc1n[nH]c(C)c1S(=O)(=O)NCC(N)C1CC1. The Kier molecular flexibility index (Phi) is 3.24. The largest absolute Gasteiger partial charge is 0.326 e. The van der Waals surface area contributed by atoms with Gasteiger partial charge in [-0.1, -0.05) is 0 Å². The monoisotopic (exact) mass is 258 g/mol. The first-order chi connectivity index (χ1) is 7.92. The van der Waals surface area contributed by atoms with Crippen LogP contribution in [0.5, 0.6) is 0 Å². The van der Waals surface area contributed by atoms with Gasteiger partial charge in [-0.2, -0.15) is 5.10 Å². The number of hydrogen-bond donors (Lipinski definition) is 3. The molecule has 1 heterocycles. The number of aryl methyl sites for hydroxylation is 2. The van der Waals surface area contributed by atoms with E-state index in [0.29, 0.717) is 17.3 Å². The second-order valence-corrected chi connectivity index (χ2v) is 6.32. The van der Waals surface area contributed by atoms with Crippen molar-refractivity contribution < 1.29 is 8.42 Å². The van der Waals surface area contributed by atoms with Gasteiger partial charge in [0.2, 0.25) is 10.0 Å². The van der Waals surface area contributed by atoms with Crippen LogP contribution in [0.2, 0.25) is 0 Å². The Labute approximate surface area is 101 Å². The summed E-state index contributed by atoms with van der Waals surface area (Å²) in [4.78, 5) is 0.237. The molecule has 1 saturated carbocycles. The third-order valence-corrected chi connectivity index (χ3v) is 4.75. The smallest absolute Gasteiger partial charge is 0.244 e. The molecule has 1 aliphatic carbocycles. The fraction of sp³-hybridized carbons (Fsp3) is 0.700. The minimum atomic E-state index is -3.50. The van der Waals surface area contributed by atoms with Crippen molar-refractivity contribution in [2.75, 3.05) is 6.54 Å². The van der Waals surface area contributed by atoms with Crippen LogP contribution in [0.15, 0.2) is 4.90 Å². The highest BCUT2D eigenvalue weighted by Crippen LogP contribution is 2.31. The number of aromatic nitrogens is 2. The predicted octanol–water partition coefficient (Wildman–Crippen LogP) is 0.0421. The number of sulfonamides is 1. The molecule has 0 bridgehead atoms. The molecular formula is C10H18N4O2S. The summed E-state index contributed by atoms with van der Waals surface area (Å²) in [5, 5.41) is 6.55. The fourth-order valence-electron chi connectivity index (χ4n) is 1.91. The Bertz CT molecular complexity index is 485. The van der Waals surface area contributed by atoms with Gasteiger partial charge in [0, 0.05) is 12.6 Å². The molecule has 6 nitrogen and oxygen atoms in total. The Morgan fingerprint density at radius 3 is 2.65 bits per heavy atom. The van der Waals surface area contributed by atoms with Crippen molar-refractivity contribution in [2.24, 2.45) is 11.7 Å². The first-order valence-electron chi connectivity index (χ1n) is 5.68. The minimum absolute atomic E-state index is 0.0858. The molecule has 96 valence electrons. The van der Waals surface area contributed by atoms with E-state index in [1.807, 2.05) is 0 Å². The highest BCUT2D eigenvalue weighted by Gasteiger charge is 2.30. The summed E-state index contributed by atoms with van der Waals surface area (Å²) >= 11 is 0. The van der Waals surface area contributed by atoms with E-state index in [1.165, 1.54) is 0 Å². The normalized spacial score (nSPS) is 18.3. The van der Waals surface area contributed by atoms with Gasteiger partial charge >= 0.3 is 0 Å². The van der Waals surface area contributed by atoms with Crippen LogP contribution in [0, 0.1) is 19.8 Å². The molecule has 0 amide bonds. The van der Waals surface area contributed by atoms with Crippen molar-refractivity contribution in [1.29, 1.82) is 0 Å². The van der Waals surface area contributed by atoms with Crippen LogP contribution in [-0.2, 0) is 10.0 Å². The highest BCUT2D eigenvalue weighted by molar-refractivity contribution is 7.89. The van der Waals surface area contributed by atoms with E-state index >= 15 is 0 Å². The Morgan fingerprint density at radius 1 is 1.53 bits per heavy atom. The number of hydrogen-bond acceptors (Lipinski definition) is 4. The molecular weight excluding hydrogens is 240 g/mol. The lowest BCUT2D eigenvalue weighted by Crippen LogP contribution is -2.38. The van der Waals surface area contributed by atoms with Gasteiger partial charge in [0.15, 0.2) is 0 Å². The summed E-state index contributed by atoms with van der Waals surface area (Å²) in [6.45, 7) is 3.64. The van der Waals surface area contributed by atoms with Crippen LogP contribution in [0.4, 0.5) is 0 Å². The van der Waals surface area contributed by atoms with Gasteiger partial charge in [0.05, 0.1) is 11.4 Å². The third kappa shape index (κ3) is 2.67. The fourth-order valence-corrected chi connectivity index (χ4v) is 3.35. The van der Waals surface area contributed by atoms with Crippen LogP contribution in [-0.4, -0.2) is 31.2 Å². The molecule has 1 fully saturated rings. The van der Waals surface area contributed by atoms with Crippen LogP contribution in [0.1, 0.15) is 24.2 Å². The summed E-state index contributed by atoms with van der Waals surface area (Å²) in [6, 6.07) is -0.0858. The zero-order valence-electron chi connectivity index (χ0n) is 10.0. The van der Waals surface area contributed by atoms with Crippen molar-refractivity contribution in [1.82, 2.24) is 14.9 Å². The van der Waals surface area contributed by atoms with Crippen LogP contribution in [0.3, 0.4) is 0 Å². The Balaban J connectivity index is 2.08. The number of nitrogens with two attached hydrogens (primary N) is 1. The maximum atomic E-state index is 12.1. The summed E-state index contributed by atoms with van der Waals surface area (Å²) < 4.78 is 26.7. The molecule has 7 heteroatoms. The number of nitrogens with zero attached hydrogens (tertiary/aromatic N) is 1. The number of aromatic amines is 1. The zero-order valence-corrected chi connectivity index (χ0v) is 10.8. The van der Waals surface area contributed by atoms with Gasteiger partial charge in [0.1, 0.15) is 4.90 Å². The maximum absolute atomic E-state index is 12.1. The summed E-state index contributed by atoms with van der Waals surface area (Å²) in [6.07, 6.45) is 2.21. The van der Waals surface area contributed by atoms with Gasteiger partial charge in [-0.15, -0.1) is 0 Å². The van der Waals surface area contributed by atoms with E-state index in [-0.39, 0.29) is 17.5 Å². The van der Waals surface area contributed by atoms with E-state index in [1.54, 1.807) is 13.8 Å². The molecule has 0 saturated heterocycles. The molecule has 0 aliphatic heterocycles. The lowest BCUT2D eigenvalue weighted by Gasteiger charge is -2.12. The van der Waals surface area contributed by atoms with E-state index in [0.717, 1.165) is 12.8 Å². The van der Waals surface area contributed by atoms with E-state index in [9.17, 15) is 8.42 Å². The first kappa shape index (κ1) is 12.5. The van der Waals surface area contributed by atoms with E-state index in [2.05, 4.69) is 14.9 Å². The quantitative estimate of drug-likeness (QED) is 0.694. The zero-order chi connectivity index (χ0) is 12.6. The first-order valence-corrected chi connectivity index (χ1v) is 7.17. The lowest BCUT2D eigenvalue weighted by molar-refractivity contribution is 0.547. The van der Waals surface area contributed by atoms with Gasteiger partial charge in [-0.3, -0.25) is 5.10 Å². The van der Waals surface area contributed by atoms with E-state index < -0.39 is 10.0 Å². The molecule has 2 rings (SSSR count). The second-order valence-electron chi connectivity index (χ2n) is 4.62. The van der Waals surface area contributed by atoms with Gasteiger partial charge in [0.25, 0.3) is 0 Å². The predicted molar refractivity (Wildman–Crippen MR) is 63.9 cm³/mol. The van der Waals surface area contributed by atoms with Crippen LogP contribution < -0.4 is 10.5 Å². The second kappa shape index (κ2) is 4.40. The van der Waals surface area contributed by atoms with Gasteiger partial charge in [-0.25, -0.2) is 13.1 Å². The van der Waals surface area contributed by atoms with Crippen molar-refractivity contribution in [3.05, 3.63) is 11.4 Å². The molecule has 0 spiro atoms. The van der Waals surface area contributed by atoms with Crippen LogP contribution in [0.25, 0.3) is 0 Å². The molecule has 1 aromatic heterocycles. The molecule has 17 heavy (non-hydrogen) atoms. The average molecular weight is 258 g/mol. The number of rotatable bonds is 5.